The number of carboxylic acid groups (broad SMARTS) is 1. The van der Waals surface area contributed by atoms with E-state index >= 15 is 0 Å². The number of aliphatic hydroxyl groups excluding tert-OH is 1. The smallest absolute Gasteiger partial charge is 0.331 e. The third-order valence-electron chi connectivity index (χ3n) is 11.9. The molecule has 8 atom stereocenters. The molecule has 0 spiro atoms. The maximum atomic E-state index is 12.5. The van der Waals surface area contributed by atoms with E-state index in [1.165, 1.54) is 5.57 Å². The highest BCUT2D eigenvalue weighted by molar-refractivity contribution is 5.86. The Balaban J connectivity index is 1.63. The molecule has 3 saturated carbocycles. The topological polar surface area (TPSA) is 77.8 Å². The second kappa shape index (κ2) is 8.06. The van der Waals surface area contributed by atoms with Crippen molar-refractivity contribution < 1.29 is 20.1 Å². The van der Waals surface area contributed by atoms with Gasteiger partial charge in [0.05, 0.1) is 11.7 Å². The Morgan fingerprint density at radius 2 is 1.76 bits per heavy atom. The zero-order valence-corrected chi connectivity index (χ0v) is 22.3. The Labute approximate surface area is 206 Å². The summed E-state index contributed by atoms with van der Waals surface area (Å²) in [6, 6.07) is 0. The molecule has 0 aliphatic heterocycles. The van der Waals surface area contributed by atoms with Crippen molar-refractivity contribution in [3.05, 3.63) is 35.5 Å². The average molecular weight is 471 g/mol. The average Bonchev–Trinajstić information content (AvgIpc) is 3.04. The maximum absolute atomic E-state index is 12.5. The largest absolute Gasteiger partial charge is 0.478 e. The molecule has 0 radical (unpaired) electrons. The summed E-state index contributed by atoms with van der Waals surface area (Å²) in [4.78, 5) is 11.1. The van der Waals surface area contributed by atoms with E-state index in [-0.39, 0.29) is 39.6 Å². The third-order valence-corrected chi connectivity index (χ3v) is 11.9. The van der Waals surface area contributed by atoms with Crippen LogP contribution in [0.4, 0.5) is 0 Å². The van der Waals surface area contributed by atoms with Crippen LogP contribution >= 0.6 is 0 Å². The van der Waals surface area contributed by atoms with E-state index in [0.717, 1.165) is 44.9 Å². The standard InChI is InChI=1S/C30H46O4/c1-19(25(32)33)9-8-10-20(2)27(5)15-13-21-22-11-12-23-26(3,4)24(31)14-16-29(23,7)30(22,34)18-17-28(21,27)6/h8-10,13,20,22-24,31,34H,11-12,14-18H2,1-7H3,(H,32,33)/b10-8-,19-9+/t20-,22+,23+,24-,27+,28-,29+,30-/m1/s1. The normalized spacial score (nSPS) is 46.9. The third kappa shape index (κ3) is 3.27. The minimum Gasteiger partial charge on any atom is -0.478 e. The second-order valence-corrected chi connectivity index (χ2v) is 13.3. The number of hydrogen-bond acceptors (Lipinski definition) is 3. The molecule has 0 aromatic carbocycles. The second-order valence-electron chi connectivity index (χ2n) is 13.3. The van der Waals surface area contributed by atoms with Crippen molar-refractivity contribution >= 4 is 5.97 Å². The molecule has 0 saturated heterocycles. The van der Waals surface area contributed by atoms with Crippen LogP contribution in [0.5, 0.6) is 0 Å². The number of hydrogen-bond donors (Lipinski definition) is 3. The van der Waals surface area contributed by atoms with Crippen LogP contribution in [0.2, 0.25) is 0 Å². The summed E-state index contributed by atoms with van der Waals surface area (Å²) in [5.41, 5.74) is 0.794. The first-order valence-corrected chi connectivity index (χ1v) is 13.3. The Kier molecular flexibility index (Phi) is 6.09. The number of rotatable bonds is 4. The molecular weight excluding hydrogens is 424 g/mol. The Bertz CT molecular complexity index is 943. The molecule has 0 heterocycles. The number of allylic oxidation sites excluding steroid dienone is 4. The highest BCUT2D eigenvalue weighted by atomic mass is 16.4. The molecule has 4 aliphatic carbocycles. The van der Waals surface area contributed by atoms with Crippen LogP contribution in [0.1, 0.15) is 93.4 Å². The molecule has 3 N–H and O–H groups in total. The Morgan fingerprint density at radius 3 is 2.41 bits per heavy atom. The summed E-state index contributed by atoms with van der Waals surface area (Å²) < 4.78 is 0. The molecule has 34 heavy (non-hydrogen) atoms. The lowest BCUT2D eigenvalue weighted by Gasteiger charge is -2.68. The van der Waals surface area contributed by atoms with Crippen LogP contribution in [0.3, 0.4) is 0 Å². The van der Waals surface area contributed by atoms with E-state index in [1.807, 2.05) is 6.08 Å². The molecule has 4 aliphatic rings. The van der Waals surface area contributed by atoms with Gasteiger partial charge in [-0.05, 0) is 80.0 Å². The van der Waals surface area contributed by atoms with Crippen molar-refractivity contribution in [3.63, 3.8) is 0 Å². The van der Waals surface area contributed by atoms with Crippen LogP contribution in [0.25, 0.3) is 0 Å². The number of aliphatic hydroxyl groups is 2. The van der Waals surface area contributed by atoms with E-state index in [4.69, 9.17) is 5.11 Å². The molecule has 3 fully saturated rings. The van der Waals surface area contributed by atoms with Gasteiger partial charge >= 0.3 is 5.97 Å². The van der Waals surface area contributed by atoms with E-state index < -0.39 is 11.6 Å². The molecule has 4 heteroatoms. The van der Waals surface area contributed by atoms with Crippen molar-refractivity contribution in [2.75, 3.05) is 0 Å². The zero-order valence-electron chi connectivity index (χ0n) is 22.3. The van der Waals surface area contributed by atoms with E-state index in [1.54, 1.807) is 13.0 Å². The van der Waals surface area contributed by atoms with Crippen LogP contribution < -0.4 is 0 Å². The summed E-state index contributed by atoms with van der Waals surface area (Å²) in [6.45, 7) is 15.4. The predicted octanol–water partition coefficient (Wildman–Crippen LogP) is 6.29. The van der Waals surface area contributed by atoms with Gasteiger partial charge < -0.3 is 15.3 Å². The predicted molar refractivity (Wildman–Crippen MR) is 136 cm³/mol. The van der Waals surface area contributed by atoms with Gasteiger partial charge in [-0.3, -0.25) is 0 Å². The van der Waals surface area contributed by atoms with Gasteiger partial charge in [0, 0.05) is 16.9 Å². The van der Waals surface area contributed by atoms with E-state index in [9.17, 15) is 15.0 Å². The van der Waals surface area contributed by atoms with Crippen molar-refractivity contribution in [1.29, 1.82) is 0 Å². The van der Waals surface area contributed by atoms with Gasteiger partial charge in [0.1, 0.15) is 0 Å². The van der Waals surface area contributed by atoms with Crippen LogP contribution in [-0.2, 0) is 4.79 Å². The molecule has 0 aromatic heterocycles. The summed E-state index contributed by atoms with van der Waals surface area (Å²) >= 11 is 0. The molecule has 0 aromatic rings. The fourth-order valence-corrected chi connectivity index (χ4v) is 8.93. The summed E-state index contributed by atoms with van der Waals surface area (Å²) in [5.74, 6) is -0.0834. The monoisotopic (exact) mass is 470 g/mol. The molecule has 4 rings (SSSR count). The number of aliphatic carboxylic acids is 1. The Morgan fingerprint density at radius 1 is 1.09 bits per heavy atom. The number of carboxylic acids is 1. The van der Waals surface area contributed by atoms with Crippen LogP contribution in [-0.4, -0.2) is 33.0 Å². The van der Waals surface area contributed by atoms with Crippen molar-refractivity contribution in [2.45, 2.75) is 105 Å². The Hall–Kier alpha value is -1.39. The van der Waals surface area contributed by atoms with Crippen molar-refractivity contribution in [3.8, 4) is 0 Å². The van der Waals surface area contributed by atoms with E-state index in [2.05, 4.69) is 53.7 Å². The van der Waals surface area contributed by atoms with Gasteiger partial charge in [0.25, 0.3) is 0 Å². The first kappa shape index (κ1) is 25.7. The molecule has 0 unspecified atom stereocenters. The lowest BCUT2D eigenvalue weighted by Crippen LogP contribution is -2.67. The molecule has 0 bridgehead atoms. The summed E-state index contributed by atoms with van der Waals surface area (Å²) in [5, 5.41) is 32.4. The van der Waals surface area contributed by atoms with Gasteiger partial charge in [0.2, 0.25) is 0 Å². The number of fused-ring (bicyclic) bond motifs is 5. The van der Waals surface area contributed by atoms with Crippen molar-refractivity contribution in [2.24, 2.45) is 39.4 Å². The van der Waals surface area contributed by atoms with Gasteiger partial charge in [0.15, 0.2) is 0 Å². The first-order valence-electron chi connectivity index (χ1n) is 13.3. The first-order chi connectivity index (χ1) is 15.6. The number of carbonyl (C=O) groups is 1. The lowest BCUT2D eigenvalue weighted by atomic mass is 9.39. The van der Waals surface area contributed by atoms with Gasteiger partial charge in [-0.15, -0.1) is 0 Å². The summed E-state index contributed by atoms with van der Waals surface area (Å²) in [6.07, 6.45) is 14.4. The van der Waals surface area contributed by atoms with Crippen molar-refractivity contribution in [1.82, 2.24) is 0 Å². The zero-order chi connectivity index (χ0) is 25.3. The van der Waals surface area contributed by atoms with Crippen LogP contribution in [0, 0.1) is 39.4 Å². The SMILES string of the molecule is C/C(=C\C=C/[C@@H](C)[C@]1(C)CC=C2[C@@H]3CC[C@H]4C(C)(C)[C@H](O)CC[C@]4(C)[C@@]3(O)CC[C@]21C)C(=O)O. The quantitative estimate of drug-likeness (QED) is 0.256. The highest BCUT2D eigenvalue weighted by Gasteiger charge is 2.69. The fraction of sp³-hybridized carbons (Fsp3) is 0.767. The van der Waals surface area contributed by atoms with Gasteiger partial charge in [-0.25, -0.2) is 4.79 Å². The molecule has 4 nitrogen and oxygen atoms in total. The fourth-order valence-electron chi connectivity index (χ4n) is 8.93. The minimum absolute atomic E-state index is 0.0199. The van der Waals surface area contributed by atoms with Gasteiger partial charge in [-0.2, -0.15) is 0 Å². The maximum Gasteiger partial charge on any atom is 0.331 e. The van der Waals surface area contributed by atoms with Gasteiger partial charge in [-0.1, -0.05) is 71.4 Å². The van der Waals surface area contributed by atoms with Crippen LogP contribution in [0.15, 0.2) is 35.5 Å². The molecular formula is C30H46O4. The lowest BCUT2D eigenvalue weighted by molar-refractivity contribution is -0.242. The molecule has 190 valence electrons. The highest BCUT2D eigenvalue weighted by Crippen LogP contribution is 2.72. The summed E-state index contributed by atoms with van der Waals surface area (Å²) in [7, 11) is 0. The molecule has 0 amide bonds. The van der Waals surface area contributed by atoms with E-state index in [0.29, 0.717) is 11.5 Å². The minimum atomic E-state index is -0.880.